The zero-order valence-corrected chi connectivity index (χ0v) is 20.9. The number of fused-ring (bicyclic) bond motifs is 1. The van der Waals surface area contributed by atoms with Gasteiger partial charge in [-0.2, -0.15) is 0 Å². The number of likely N-dealkylation sites (tertiary alicyclic amines) is 1. The second-order valence-electron chi connectivity index (χ2n) is 10.0. The van der Waals surface area contributed by atoms with E-state index >= 15 is 0 Å². The Kier molecular flexibility index (Phi) is 6.68. The third-order valence-electron chi connectivity index (χ3n) is 6.09. The first-order valence-electron chi connectivity index (χ1n) is 11.5. The molecule has 1 aromatic carbocycles. The van der Waals surface area contributed by atoms with Crippen molar-refractivity contribution in [2.75, 3.05) is 24.5 Å². The van der Waals surface area contributed by atoms with Crippen molar-refractivity contribution >= 4 is 50.3 Å². The van der Waals surface area contributed by atoms with Crippen molar-refractivity contribution in [2.45, 2.75) is 65.4 Å². The van der Waals surface area contributed by atoms with Gasteiger partial charge in [-0.3, -0.25) is 9.69 Å². The van der Waals surface area contributed by atoms with Gasteiger partial charge in [0.2, 0.25) is 5.91 Å². The SMILES string of the molecule is Cc1cc(Cl)cc2sc(N(CCC3CCN(C(=O)OC(C)(C)C)CC3)C(=O)C3CC3)nc12. The summed E-state index contributed by atoms with van der Waals surface area (Å²) in [5, 5.41) is 1.47. The Morgan fingerprint density at radius 3 is 2.53 bits per heavy atom. The molecule has 2 fully saturated rings. The van der Waals surface area contributed by atoms with Gasteiger partial charge in [-0.05, 0) is 83.4 Å². The normalized spacial score (nSPS) is 17.6. The van der Waals surface area contributed by atoms with Crippen molar-refractivity contribution in [1.82, 2.24) is 9.88 Å². The van der Waals surface area contributed by atoms with E-state index in [1.807, 2.05) is 44.7 Å². The summed E-state index contributed by atoms with van der Waals surface area (Å²) in [6.07, 6.45) is 4.48. The Hall–Kier alpha value is -1.86. The predicted octanol–water partition coefficient (Wildman–Crippen LogP) is 6.04. The van der Waals surface area contributed by atoms with Gasteiger partial charge in [-0.15, -0.1) is 0 Å². The van der Waals surface area contributed by atoms with E-state index < -0.39 is 5.60 Å². The van der Waals surface area contributed by atoms with E-state index in [2.05, 4.69) is 0 Å². The zero-order valence-electron chi connectivity index (χ0n) is 19.3. The topological polar surface area (TPSA) is 62.7 Å². The molecule has 2 amide bonds. The maximum Gasteiger partial charge on any atom is 0.410 e. The number of piperidine rings is 1. The van der Waals surface area contributed by atoms with E-state index in [0.717, 1.165) is 53.0 Å². The molecule has 0 spiro atoms. The lowest BCUT2D eigenvalue weighted by molar-refractivity contribution is -0.119. The summed E-state index contributed by atoms with van der Waals surface area (Å²) in [4.78, 5) is 33.9. The van der Waals surface area contributed by atoms with Crippen molar-refractivity contribution < 1.29 is 14.3 Å². The number of rotatable bonds is 5. The first-order valence-corrected chi connectivity index (χ1v) is 12.7. The third kappa shape index (κ3) is 5.54. The Labute approximate surface area is 198 Å². The van der Waals surface area contributed by atoms with Crippen LogP contribution < -0.4 is 4.90 Å². The standard InChI is InChI=1S/C24H32ClN3O3S/c1-15-13-18(25)14-19-20(15)26-22(32-19)28(21(29)17-5-6-17)12-9-16-7-10-27(11-8-16)23(30)31-24(2,3)4/h13-14,16-17H,5-12H2,1-4H3. The average Bonchev–Trinajstić information content (AvgIpc) is 3.47. The summed E-state index contributed by atoms with van der Waals surface area (Å²) in [6, 6.07) is 3.84. The molecular formula is C24H32ClN3O3S. The molecule has 2 aliphatic rings. The number of nitrogens with zero attached hydrogens (tertiary/aromatic N) is 3. The molecule has 32 heavy (non-hydrogen) atoms. The summed E-state index contributed by atoms with van der Waals surface area (Å²) >= 11 is 7.77. The van der Waals surface area contributed by atoms with Crippen molar-refractivity contribution in [1.29, 1.82) is 0 Å². The monoisotopic (exact) mass is 477 g/mol. The van der Waals surface area contributed by atoms with E-state index in [9.17, 15) is 9.59 Å². The molecule has 0 N–H and O–H groups in total. The molecule has 2 aromatic rings. The van der Waals surface area contributed by atoms with Crippen molar-refractivity contribution in [2.24, 2.45) is 11.8 Å². The Balaban J connectivity index is 1.40. The minimum atomic E-state index is -0.475. The molecule has 1 aliphatic carbocycles. The van der Waals surface area contributed by atoms with Gasteiger partial charge >= 0.3 is 6.09 Å². The van der Waals surface area contributed by atoms with Crippen LogP contribution in [0.25, 0.3) is 10.2 Å². The molecule has 1 aromatic heterocycles. The van der Waals surface area contributed by atoms with E-state index in [-0.39, 0.29) is 17.9 Å². The van der Waals surface area contributed by atoms with Crippen LogP contribution >= 0.6 is 22.9 Å². The molecule has 2 heterocycles. The molecule has 0 bridgehead atoms. The number of hydrogen-bond donors (Lipinski definition) is 0. The molecule has 0 atom stereocenters. The number of benzene rings is 1. The number of anilines is 1. The Morgan fingerprint density at radius 2 is 1.91 bits per heavy atom. The molecule has 1 saturated carbocycles. The van der Waals surface area contributed by atoms with Crippen LogP contribution in [0.5, 0.6) is 0 Å². The summed E-state index contributed by atoms with van der Waals surface area (Å²) in [6.45, 7) is 9.74. The zero-order chi connectivity index (χ0) is 23.0. The number of aromatic nitrogens is 1. The van der Waals surface area contributed by atoms with Crippen LogP contribution in [0.4, 0.5) is 9.93 Å². The number of carbonyl (C=O) groups is 2. The van der Waals surface area contributed by atoms with Crippen LogP contribution in [0.15, 0.2) is 12.1 Å². The van der Waals surface area contributed by atoms with Gasteiger partial charge in [-0.25, -0.2) is 9.78 Å². The van der Waals surface area contributed by atoms with Gasteiger partial charge in [0.15, 0.2) is 5.13 Å². The maximum absolute atomic E-state index is 13.1. The largest absolute Gasteiger partial charge is 0.444 e. The average molecular weight is 478 g/mol. The fraction of sp³-hybridized carbons (Fsp3) is 0.625. The van der Waals surface area contributed by atoms with E-state index in [0.29, 0.717) is 30.6 Å². The molecule has 0 unspecified atom stereocenters. The van der Waals surface area contributed by atoms with Crippen LogP contribution in [-0.4, -0.2) is 47.1 Å². The van der Waals surface area contributed by atoms with Crippen molar-refractivity contribution in [3.05, 3.63) is 22.7 Å². The van der Waals surface area contributed by atoms with E-state index in [1.54, 1.807) is 16.2 Å². The van der Waals surface area contributed by atoms with Crippen molar-refractivity contribution in [3.63, 3.8) is 0 Å². The lowest BCUT2D eigenvalue weighted by atomic mass is 9.93. The van der Waals surface area contributed by atoms with Crippen LogP contribution in [0.1, 0.15) is 58.4 Å². The molecular weight excluding hydrogens is 446 g/mol. The summed E-state index contributed by atoms with van der Waals surface area (Å²) < 4.78 is 6.52. The highest BCUT2D eigenvalue weighted by molar-refractivity contribution is 7.22. The van der Waals surface area contributed by atoms with Gasteiger partial charge in [0.1, 0.15) is 5.60 Å². The summed E-state index contributed by atoms with van der Waals surface area (Å²) in [5.74, 6) is 0.813. The van der Waals surface area contributed by atoms with Crippen LogP contribution in [0, 0.1) is 18.8 Å². The molecule has 1 saturated heterocycles. The van der Waals surface area contributed by atoms with Gasteiger partial charge < -0.3 is 9.64 Å². The first-order chi connectivity index (χ1) is 15.1. The lowest BCUT2D eigenvalue weighted by Gasteiger charge is -2.34. The molecule has 6 nitrogen and oxygen atoms in total. The maximum atomic E-state index is 13.1. The number of amides is 2. The van der Waals surface area contributed by atoms with Crippen LogP contribution in [0.2, 0.25) is 5.02 Å². The number of aryl methyl sites for hydroxylation is 1. The highest BCUT2D eigenvalue weighted by atomic mass is 35.5. The highest BCUT2D eigenvalue weighted by Gasteiger charge is 2.36. The predicted molar refractivity (Wildman–Crippen MR) is 130 cm³/mol. The summed E-state index contributed by atoms with van der Waals surface area (Å²) in [5.41, 5.74) is 1.48. The molecule has 174 valence electrons. The van der Waals surface area contributed by atoms with E-state index in [1.165, 1.54) is 0 Å². The van der Waals surface area contributed by atoms with Gasteiger partial charge in [0.05, 0.1) is 10.2 Å². The molecule has 8 heteroatoms. The second kappa shape index (κ2) is 9.18. The highest BCUT2D eigenvalue weighted by Crippen LogP contribution is 2.37. The quantitative estimate of drug-likeness (QED) is 0.526. The fourth-order valence-corrected chi connectivity index (χ4v) is 5.60. The van der Waals surface area contributed by atoms with Gasteiger partial charge in [0.25, 0.3) is 0 Å². The van der Waals surface area contributed by atoms with Crippen LogP contribution in [-0.2, 0) is 9.53 Å². The molecule has 4 rings (SSSR count). The molecule has 0 radical (unpaired) electrons. The minimum absolute atomic E-state index is 0.140. The van der Waals surface area contributed by atoms with Crippen LogP contribution in [0.3, 0.4) is 0 Å². The Bertz CT molecular complexity index is 1000. The summed E-state index contributed by atoms with van der Waals surface area (Å²) in [7, 11) is 0. The fourth-order valence-electron chi connectivity index (χ4n) is 4.15. The first kappa shape index (κ1) is 23.3. The van der Waals surface area contributed by atoms with Gasteiger partial charge in [-0.1, -0.05) is 22.9 Å². The number of halogens is 1. The number of thiazole rings is 1. The molecule has 1 aliphatic heterocycles. The minimum Gasteiger partial charge on any atom is -0.444 e. The smallest absolute Gasteiger partial charge is 0.410 e. The van der Waals surface area contributed by atoms with E-state index in [4.69, 9.17) is 21.3 Å². The lowest BCUT2D eigenvalue weighted by Crippen LogP contribution is -2.42. The Morgan fingerprint density at radius 1 is 1.22 bits per heavy atom. The van der Waals surface area contributed by atoms with Gasteiger partial charge in [0, 0.05) is 30.6 Å². The second-order valence-corrected chi connectivity index (χ2v) is 11.5. The number of hydrogen-bond acceptors (Lipinski definition) is 5. The third-order valence-corrected chi connectivity index (χ3v) is 7.33. The van der Waals surface area contributed by atoms with Crippen molar-refractivity contribution in [3.8, 4) is 0 Å². The number of ether oxygens (including phenoxy) is 1. The number of carbonyl (C=O) groups excluding carboxylic acids is 2.